The van der Waals surface area contributed by atoms with Gasteiger partial charge < -0.3 is 5.11 Å². The number of hydrogen-bond donors (Lipinski definition) is 1. The van der Waals surface area contributed by atoms with Gasteiger partial charge in [0.1, 0.15) is 11.3 Å². The van der Waals surface area contributed by atoms with Crippen LogP contribution in [-0.4, -0.2) is 16.1 Å². The van der Waals surface area contributed by atoms with E-state index in [1.165, 1.54) is 18.2 Å². The zero-order chi connectivity index (χ0) is 15.9. The number of hydrogen-bond acceptors (Lipinski definition) is 2. The van der Waals surface area contributed by atoms with E-state index in [-0.39, 0.29) is 11.1 Å². The SMILES string of the molecule is Cc1ccc(-c2cc(C(=O)O)c3cccc(F)c3n2)c(C)c1. The Hall–Kier alpha value is -2.75. The molecule has 4 heteroatoms. The van der Waals surface area contributed by atoms with Crippen LogP contribution in [0.3, 0.4) is 0 Å². The Bertz CT molecular complexity index is 903. The van der Waals surface area contributed by atoms with Crippen LogP contribution in [0.25, 0.3) is 22.2 Å². The number of nitrogens with zero attached hydrogens (tertiary/aromatic N) is 1. The first-order chi connectivity index (χ1) is 10.5. The standard InChI is InChI=1S/C18H14FNO2/c1-10-6-7-12(11(2)8-10)16-9-14(18(21)22)13-4-3-5-15(19)17(13)20-16/h3-9H,1-2H3,(H,21,22). The zero-order valence-electron chi connectivity index (χ0n) is 12.2. The van der Waals surface area contributed by atoms with Crippen LogP contribution in [0.2, 0.25) is 0 Å². The molecular formula is C18H14FNO2. The second kappa shape index (κ2) is 5.22. The molecule has 0 aliphatic heterocycles. The molecule has 0 bridgehead atoms. The fraction of sp³-hybridized carbons (Fsp3) is 0.111. The van der Waals surface area contributed by atoms with E-state index in [0.29, 0.717) is 11.1 Å². The van der Waals surface area contributed by atoms with Crippen LogP contribution >= 0.6 is 0 Å². The van der Waals surface area contributed by atoms with Gasteiger partial charge in [0.2, 0.25) is 0 Å². The number of benzene rings is 2. The van der Waals surface area contributed by atoms with Gasteiger partial charge in [-0.3, -0.25) is 0 Å². The largest absolute Gasteiger partial charge is 0.478 e. The molecule has 0 aliphatic carbocycles. The first-order valence-electron chi connectivity index (χ1n) is 6.87. The predicted octanol–water partition coefficient (Wildman–Crippen LogP) is 4.36. The van der Waals surface area contributed by atoms with E-state index in [4.69, 9.17) is 0 Å². The minimum atomic E-state index is -1.09. The molecule has 1 heterocycles. The van der Waals surface area contributed by atoms with Crippen LogP contribution in [-0.2, 0) is 0 Å². The Morgan fingerprint density at radius 3 is 2.59 bits per heavy atom. The van der Waals surface area contributed by atoms with Crippen molar-refractivity contribution >= 4 is 16.9 Å². The van der Waals surface area contributed by atoms with Gasteiger partial charge in [0.25, 0.3) is 0 Å². The monoisotopic (exact) mass is 295 g/mol. The molecule has 0 fully saturated rings. The van der Waals surface area contributed by atoms with Crippen LogP contribution in [0.15, 0.2) is 42.5 Å². The van der Waals surface area contributed by atoms with Crippen molar-refractivity contribution in [3.63, 3.8) is 0 Å². The van der Waals surface area contributed by atoms with Crippen LogP contribution in [0.4, 0.5) is 4.39 Å². The van der Waals surface area contributed by atoms with Crippen molar-refractivity contribution in [2.75, 3.05) is 0 Å². The number of carboxylic acid groups (broad SMARTS) is 1. The quantitative estimate of drug-likeness (QED) is 0.764. The number of para-hydroxylation sites is 1. The molecule has 0 saturated carbocycles. The molecule has 1 aromatic heterocycles. The summed E-state index contributed by atoms with van der Waals surface area (Å²) in [6.07, 6.45) is 0. The van der Waals surface area contributed by atoms with Gasteiger partial charge in [0, 0.05) is 10.9 Å². The summed E-state index contributed by atoms with van der Waals surface area (Å²) in [6.45, 7) is 3.91. The first-order valence-corrected chi connectivity index (χ1v) is 6.87. The van der Waals surface area contributed by atoms with E-state index in [0.717, 1.165) is 16.7 Å². The van der Waals surface area contributed by atoms with Crippen LogP contribution in [0.1, 0.15) is 21.5 Å². The molecule has 0 radical (unpaired) electrons. The highest BCUT2D eigenvalue weighted by molar-refractivity contribution is 6.03. The average Bonchev–Trinajstić information content (AvgIpc) is 2.47. The number of pyridine rings is 1. The summed E-state index contributed by atoms with van der Waals surface area (Å²) >= 11 is 0. The number of halogens is 1. The number of aromatic carboxylic acids is 1. The lowest BCUT2D eigenvalue weighted by atomic mass is 9.99. The van der Waals surface area contributed by atoms with Crippen molar-refractivity contribution in [1.82, 2.24) is 4.98 Å². The molecule has 0 saturated heterocycles. The lowest BCUT2D eigenvalue weighted by Crippen LogP contribution is -2.02. The van der Waals surface area contributed by atoms with Gasteiger partial charge >= 0.3 is 5.97 Å². The number of carboxylic acids is 1. The minimum absolute atomic E-state index is 0.0551. The number of aryl methyl sites for hydroxylation is 2. The maximum atomic E-state index is 14.0. The van der Waals surface area contributed by atoms with E-state index in [2.05, 4.69) is 4.98 Å². The average molecular weight is 295 g/mol. The van der Waals surface area contributed by atoms with Gasteiger partial charge in [-0.05, 0) is 31.5 Å². The fourth-order valence-electron chi connectivity index (χ4n) is 2.63. The zero-order valence-corrected chi connectivity index (χ0v) is 12.2. The molecule has 110 valence electrons. The summed E-state index contributed by atoms with van der Waals surface area (Å²) in [5.74, 6) is -1.62. The van der Waals surface area contributed by atoms with Gasteiger partial charge in [-0.25, -0.2) is 14.2 Å². The molecular weight excluding hydrogens is 281 g/mol. The van der Waals surface area contributed by atoms with Crippen molar-refractivity contribution in [1.29, 1.82) is 0 Å². The Morgan fingerprint density at radius 1 is 1.14 bits per heavy atom. The van der Waals surface area contributed by atoms with E-state index >= 15 is 0 Å². The van der Waals surface area contributed by atoms with Crippen molar-refractivity contribution < 1.29 is 14.3 Å². The van der Waals surface area contributed by atoms with Gasteiger partial charge in [0.05, 0.1) is 11.3 Å². The van der Waals surface area contributed by atoms with E-state index in [1.54, 1.807) is 6.07 Å². The maximum absolute atomic E-state index is 14.0. The lowest BCUT2D eigenvalue weighted by Gasteiger charge is -2.10. The molecule has 0 unspecified atom stereocenters. The molecule has 2 aromatic carbocycles. The number of aromatic nitrogens is 1. The van der Waals surface area contributed by atoms with Gasteiger partial charge in [-0.1, -0.05) is 35.9 Å². The molecule has 0 aliphatic rings. The Balaban J connectivity index is 2.36. The molecule has 3 nitrogen and oxygen atoms in total. The lowest BCUT2D eigenvalue weighted by molar-refractivity contribution is 0.0699. The summed E-state index contributed by atoms with van der Waals surface area (Å²) in [5, 5.41) is 9.71. The summed E-state index contributed by atoms with van der Waals surface area (Å²) in [7, 11) is 0. The smallest absolute Gasteiger partial charge is 0.336 e. The van der Waals surface area contributed by atoms with Crippen LogP contribution in [0.5, 0.6) is 0 Å². The Morgan fingerprint density at radius 2 is 1.91 bits per heavy atom. The van der Waals surface area contributed by atoms with E-state index in [9.17, 15) is 14.3 Å². The third-order valence-electron chi connectivity index (χ3n) is 3.68. The highest BCUT2D eigenvalue weighted by atomic mass is 19.1. The Labute approximate surface area is 127 Å². The predicted molar refractivity (Wildman–Crippen MR) is 83.6 cm³/mol. The van der Waals surface area contributed by atoms with Gasteiger partial charge in [0.15, 0.2) is 0 Å². The van der Waals surface area contributed by atoms with E-state index < -0.39 is 11.8 Å². The summed E-state index contributed by atoms with van der Waals surface area (Å²) in [4.78, 5) is 15.8. The Kier molecular flexibility index (Phi) is 3.37. The van der Waals surface area contributed by atoms with Crippen molar-refractivity contribution in [3.8, 4) is 11.3 Å². The number of fused-ring (bicyclic) bond motifs is 1. The van der Waals surface area contributed by atoms with Crippen molar-refractivity contribution in [2.45, 2.75) is 13.8 Å². The third kappa shape index (κ3) is 2.33. The molecule has 1 N–H and O–H groups in total. The number of rotatable bonds is 2. The van der Waals surface area contributed by atoms with Crippen LogP contribution < -0.4 is 0 Å². The van der Waals surface area contributed by atoms with Crippen molar-refractivity contribution in [3.05, 3.63) is 65.0 Å². The fourth-order valence-corrected chi connectivity index (χ4v) is 2.63. The van der Waals surface area contributed by atoms with Gasteiger partial charge in [-0.15, -0.1) is 0 Å². The second-order valence-corrected chi connectivity index (χ2v) is 5.31. The molecule has 3 aromatic rings. The minimum Gasteiger partial charge on any atom is -0.478 e. The highest BCUT2D eigenvalue weighted by Gasteiger charge is 2.16. The molecule has 0 atom stereocenters. The first kappa shape index (κ1) is 14.2. The molecule has 0 amide bonds. The van der Waals surface area contributed by atoms with Crippen LogP contribution in [0, 0.1) is 19.7 Å². The van der Waals surface area contributed by atoms with E-state index in [1.807, 2.05) is 32.0 Å². The molecule has 3 rings (SSSR count). The normalized spacial score (nSPS) is 10.9. The summed E-state index contributed by atoms with van der Waals surface area (Å²) in [5.41, 5.74) is 3.48. The summed E-state index contributed by atoms with van der Waals surface area (Å²) in [6, 6.07) is 11.6. The number of carbonyl (C=O) groups is 1. The van der Waals surface area contributed by atoms with Crippen molar-refractivity contribution in [2.24, 2.45) is 0 Å². The third-order valence-corrected chi connectivity index (χ3v) is 3.68. The van der Waals surface area contributed by atoms with Gasteiger partial charge in [-0.2, -0.15) is 0 Å². The topological polar surface area (TPSA) is 50.2 Å². The second-order valence-electron chi connectivity index (χ2n) is 5.31. The highest BCUT2D eigenvalue weighted by Crippen LogP contribution is 2.28. The summed E-state index contributed by atoms with van der Waals surface area (Å²) < 4.78 is 14.0. The maximum Gasteiger partial charge on any atom is 0.336 e. The molecule has 0 spiro atoms. The molecule has 22 heavy (non-hydrogen) atoms.